The van der Waals surface area contributed by atoms with Crippen LogP contribution in [0.5, 0.6) is 0 Å². The van der Waals surface area contributed by atoms with E-state index in [2.05, 4.69) is 10.6 Å². The molecule has 18 nitrogen and oxygen atoms in total. The average Bonchev–Trinajstić information content (AvgIpc) is 3.88. The first kappa shape index (κ1) is 42.9. The summed E-state index contributed by atoms with van der Waals surface area (Å²) in [4.78, 5) is 116. The minimum Gasteiger partial charge on any atom is -0.457 e. The lowest BCUT2D eigenvalue weighted by atomic mass is 9.85. The molecular formula is C49H42N6O12. The molecule has 8 heterocycles. The number of para-hydroxylation sites is 2. The van der Waals surface area contributed by atoms with Crippen LogP contribution in [0.4, 0.5) is 0 Å². The number of nitrogens with zero attached hydrogens (tertiary/aromatic N) is 4. The van der Waals surface area contributed by atoms with Crippen molar-refractivity contribution < 1.29 is 47.7 Å². The van der Waals surface area contributed by atoms with Crippen molar-refractivity contribution in [3.8, 4) is 22.8 Å². The Hall–Kier alpha value is -8.02. The highest BCUT2D eigenvalue weighted by Gasteiger charge is 2.52. The molecule has 0 radical (unpaired) electrons. The molecule has 4 aromatic heterocycles. The van der Waals surface area contributed by atoms with E-state index >= 15 is 0 Å². The minimum atomic E-state index is -1.96. The zero-order valence-corrected chi connectivity index (χ0v) is 36.4. The van der Waals surface area contributed by atoms with Crippen LogP contribution in [0.1, 0.15) is 79.3 Å². The van der Waals surface area contributed by atoms with Gasteiger partial charge in [-0.25, -0.2) is 19.6 Å². The van der Waals surface area contributed by atoms with E-state index < -0.39 is 71.1 Å². The van der Waals surface area contributed by atoms with E-state index in [1.807, 2.05) is 60.7 Å². The standard InChI is InChI=1S/C49H42N6O12/c1-3-48(32-18-36-42-28(16-26-10-5-7-12-34(26)52-42)22-54(36)44(60)30(32)24-64-46(48)62)66-40(58)20-50-38(56)14-9-15-39(57)51-21-41(59)67-49(4-2)33-19-37-43-29(17-27-11-6-8-13-35(27)53-43)23-55(37)45(61)31(33)25-65-47(49)63/h5-8,10-13,16-19H,3-4,9,14-15,20-25H2,1-2H3,(H,50,56)(H,51,57)/t48-,49-/m0/s1. The third kappa shape index (κ3) is 7.10. The number of benzene rings is 2. The van der Waals surface area contributed by atoms with Gasteiger partial charge >= 0.3 is 23.9 Å². The number of nitrogens with one attached hydrogen (secondary N) is 2. The summed E-state index contributed by atoms with van der Waals surface area (Å²) in [5, 5.41) is 6.71. The van der Waals surface area contributed by atoms with Crippen LogP contribution in [-0.4, -0.2) is 67.9 Å². The first-order chi connectivity index (χ1) is 32.3. The Morgan fingerprint density at radius 2 is 1.04 bits per heavy atom. The Morgan fingerprint density at radius 3 is 1.46 bits per heavy atom. The Kier molecular flexibility index (Phi) is 10.5. The number of hydrogen-bond acceptors (Lipinski definition) is 14. The van der Waals surface area contributed by atoms with Crippen molar-refractivity contribution in [2.24, 2.45) is 0 Å². The van der Waals surface area contributed by atoms with Crippen molar-refractivity contribution in [3.63, 3.8) is 0 Å². The minimum absolute atomic E-state index is 0.0264. The number of carbonyl (C=O) groups excluding carboxylic acids is 6. The van der Waals surface area contributed by atoms with Gasteiger partial charge in [-0.2, -0.15) is 0 Å². The van der Waals surface area contributed by atoms with Gasteiger partial charge in [0.1, 0.15) is 26.3 Å². The van der Waals surface area contributed by atoms with Gasteiger partial charge in [0.05, 0.1) is 58.0 Å². The number of pyridine rings is 4. The number of rotatable bonds is 12. The maximum Gasteiger partial charge on any atom is 0.355 e. The number of fused-ring (bicyclic) bond motifs is 10. The van der Waals surface area contributed by atoms with Crippen molar-refractivity contribution in [3.05, 3.63) is 127 Å². The lowest BCUT2D eigenvalue weighted by Gasteiger charge is -2.35. The molecule has 340 valence electrons. The van der Waals surface area contributed by atoms with E-state index in [1.54, 1.807) is 35.1 Å². The van der Waals surface area contributed by atoms with Crippen LogP contribution < -0.4 is 21.8 Å². The van der Waals surface area contributed by atoms with Crippen LogP contribution in [0.3, 0.4) is 0 Å². The molecule has 0 aliphatic carbocycles. The van der Waals surface area contributed by atoms with Crippen LogP contribution in [-0.2, 0) is 85.2 Å². The van der Waals surface area contributed by atoms with Crippen LogP contribution in [0, 0.1) is 0 Å². The first-order valence-electron chi connectivity index (χ1n) is 22.0. The second-order valence-electron chi connectivity index (χ2n) is 16.9. The summed E-state index contributed by atoms with van der Waals surface area (Å²) < 4.78 is 25.5. The van der Waals surface area contributed by atoms with Crippen molar-refractivity contribution in [1.82, 2.24) is 29.7 Å². The fourth-order valence-corrected chi connectivity index (χ4v) is 9.55. The van der Waals surface area contributed by atoms with Gasteiger partial charge < -0.3 is 38.7 Å². The second kappa shape index (κ2) is 16.4. The molecule has 6 aromatic rings. The third-order valence-corrected chi connectivity index (χ3v) is 13.0. The number of amides is 2. The number of ether oxygens (including phenoxy) is 4. The van der Waals surface area contributed by atoms with Crippen LogP contribution in [0.15, 0.2) is 82.4 Å². The highest BCUT2D eigenvalue weighted by molar-refractivity contribution is 5.91. The Labute approximate surface area is 380 Å². The zero-order chi connectivity index (χ0) is 46.8. The molecule has 10 rings (SSSR count). The Balaban J connectivity index is 0.743. The van der Waals surface area contributed by atoms with E-state index in [9.17, 15) is 38.4 Å². The number of esters is 4. The molecule has 0 saturated heterocycles. The smallest absolute Gasteiger partial charge is 0.355 e. The highest BCUT2D eigenvalue weighted by atomic mass is 16.6. The largest absolute Gasteiger partial charge is 0.457 e. The summed E-state index contributed by atoms with van der Waals surface area (Å²) in [5.41, 5.74) is 1.27. The average molecular weight is 907 g/mol. The van der Waals surface area contributed by atoms with Gasteiger partial charge in [0, 0.05) is 45.9 Å². The van der Waals surface area contributed by atoms with Crippen molar-refractivity contribution in [2.45, 2.75) is 83.5 Å². The topological polar surface area (TPSA) is 233 Å². The molecule has 4 aliphatic rings. The number of aromatic nitrogens is 4. The maximum absolute atomic E-state index is 13.8. The molecule has 0 unspecified atom stereocenters. The maximum atomic E-state index is 13.8. The number of hydrogen-bond donors (Lipinski definition) is 2. The predicted molar refractivity (Wildman–Crippen MR) is 237 cm³/mol. The number of cyclic esters (lactones) is 2. The molecule has 0 saturated carbocycles. The molecule has 2 atom stereocenters. The van der Waals surface area contributed by atoms with Gasteiger partial charge in [0.15, 0.2) is 0 Å². The van der Waals surface area contributed by atoms with Gasteiger partial charge in [-0.1, -0.05) is 50.2 Å². The molecule has 2 N–H and O–H groups in total. The molecule has 2 amide bonds. The molecule has 0 bridgehead atoms. The Bertz CT molecular complexity index is 3090. The van der Waals surface area contributed by atoms with Gasteiger partial charge in [-0.05, 0) is 55.7 Å². The van der Waals surface area contributed by atoms with E-state index in [4.69, 9.17) is 28.9 Å². The van der Waals surface area contributed by atoms with Crippen LogP contribution in [0.25, 0.3) is 44.6 Å². The zero-order valence-electron chi connectivity index (χ0n) is 36.4. The fourth-order valence-electron chi connectivity index (χ4n) is 9.55. The van der Waals surface area contributed by atoms with Gasteiger partial charge in [-0.3, -0.25) is 28.8 Å². The van der Waals surface area contributed by atoms with Gasteiger partial charge in [-0.15, -0.1) is 0 Å². The lowest BCUT2D eigenvalue weighted by molar-refractivity contribution is -0.189. The first-order valence-corrected chi connectivity index (χ1v) is 22.0. The van der Waals surface area contributed by atoms with Crippen molar-refractivity contribution in [1.29, 1.82) is 0 Å². The normalized spacial score (nSPS) is 18.4. The van der Waals surface area contributed by atoms with E-state index in [1.165, 1.54) is 0 Å². The lowest BCUT2D eigenvalue weighted by Crippen LogP contribution is -2.48. The molecule has 0 fully saturated rings. The summed E-state index contributed by atoms with van der Waals surface area (Å²) in [6, 6.07) is 22.4. The van der Waals surface area contributed by atoms with Gasteiger partial charge in [0.2, 0.25) is 23.0 Å². The van der Waals surface area contributed by atoms with E-state index in [-0.39, 0.29) is 80.7 Å². The number of carbonyl (C=O) groups is 6. The highest BCUT2D eigenvalue weighted by Crippen LogP contribution is 2.43. The molecule has 2 aromatic carbocycles. The summed E-state index contributed by atoms with van der Waals surface area (Å²) >= 11 is 0. The van der Waals surface area contributed by atoms with Crippen LogP contribution in [0.2, 0.25) is 0 Å². The fraction of sp³-hybridized carbons (Fsp3) is 0.306. The third-order valence-electron chi connectivity index (χ3n) is 13.0. The molecule has 4 aliphatic heterocycles. The second-order valence-corrected chi connectivity index (χ2v) is 16.9. The van der Waals surface area contributed by atoms with Crippen molar-refractivity contribution in [2.75, 3.05) is 13.1 Å². The molecule has 18 heteroatoms. The SMILES string of the molecule is CC[C@@]1(OC(=O)CNC(=O)CCCC(=O)NCC(=O)O[C@]2(CC)C(=O)OCc3c2cc2n(c3=O)Cc3cc4ccccc4nc3-2)C(=O)OCc2c1cc1n(c2=O)Cc2cc3ccccc3nc2-1. The van der Waals surface area contributed by atoms with Gasteiger partial charge in [0.25, 0.3) is 11.1 Å². The van der Waals surface area contributed by atoms with E-state index in [0.717, 1.165) is 32.9 Å². The molecular weight excluding hydrogens is 865 g/mol. The van der Waals surface area contributed by atoms with Crippen molar-refractivity contribution >= 4 is 57.5 Å². The molecule has 67 heavy (non-hydrogen) atoms. The van der Waals surface area contributed by atoms with Crippen LogP contribution >= 0.6 is 0 Å². The summed E-state index contributed by atoms with van der Waals surface area (Å²) in [6.07, 6.45) is -0.474. The summed E-state index contributed by atoms with van der Waals surface area (Å²) in [7, 11) is 0. The molecule has 0 spiro atoms. The quantitative estimate of drug-likeness (QED) is 0.132. The monoisotopic (exact) mass is 906 g/mol. The van der Waals surface area contributed by atoms with E-state index in [0.29, 0.717) is 22.8 Å². The summed E-state index contributed by atoms with van der Waals surface area (Å²) in [5.74, 6) is -4.81. The predicted octanol–water partition coefficient (Wildman–Crippen LogP) is 3.68. The Morgan fingerprint density at radius 1 is 0.627 bits per heavy atom. The summed E-state index contributed by atoms with van der Waals surface area (Å²) in [6.45, 7) is 1.93.